The van der Waals surface area contributed by atoms with Gasteiger partial charge in [0.05, 0.1) is 18.6 Å². The van der Waals surface area contributed by atoms with Crippen LogP contribution in [0.4, 0.5) is 4.39 Å². The average molecular weight is 351 g/mol. The van der Waals surface area contributed by atoms with Crippen LogP contribution in [0.15, 0.2) is 18.2 Å². The summed E-state index contributed by atoms with van der Waals surface area (Å²) in [5.74, 6) is -0.758. The molecule has 0 bridgehead atoms. The minimum atomic E-state index is -0.536. The minimum absolute atomic E-state index is 0.0906. The summed E-state index contributed by atoms with van der Waals surface area (Å²) in [7, 11) is 0. The summed E-state index contributed by atoms with van der Waals surface area (Å²) in [6.07, 6.45) is 3.50. The fourth-order valence-corrected chi connectivity index (χ4v) is 3.03. The molecule has 25 heavy (non-hydrogen) atoms. The lowest BCUT2D eigenvalue weighted by Crippen LogP contribution is -2.29. The normalized spacial score (nSPS) is 20.1. The predicted octanol–water partition coefficient (Wildman–Crippen LogP) is 3.25. The van der Waals surface area contributed by atoms with Gasteiger partial charge in [0.25, 0.3) is 0 Å². The summed E-state index contributed by atoms with van der Waals surface area (Å²) >= 11 is 0. The van der Waals surface area contributed by atoms with E-state index in [4.69, 9.17) is 15.2 Å². The van der Waals surface area contributed by atoms with Gasteiger partial charge in [-0.05, 0) is 63.8 Å². The molecule has 0 unspecified atom stereocenters. The highest BCUT2D eigenvalue weighted by atomic mass is 19.1. The number of carbonyl (C=O) groups excluding carboxylic acids is 2. The number of rotatable bonds is 8. The number of esters is 1. The van der Waals surface area contributed by atoms with Gasteiger partial charge in [0, 0.05) is 12.0 Å². The van der Waals surface area contributed by atoms with E-state index in [2.05, 4.69) is 0 Å². The van der Waals surface area contributed by atoms with E-state index in [1.807, 2.05) is 0 Å². The molecule has 0 aliphatic heterocycles. The quantitative estimate of drug-likeness (QED) is 0.574. The van der Waals surface area contributed by atoms with Crippen LogP contribution in [-0.2, 0) is 9.53 Å². The molecule has 2 rings (SSSR count). The Balaban J connectivity index is 1.89. The summed E-state index contributed by atoms with van der Waals surface area (Å²) in [6, 6.07) is 4.31. The third kappa shape index (κ3) is 5.53. The van der Waals surface area contributed by atoms with Crippen molar-refractivity contribution in [3.05, 3.63) is 29.6 Å². The molecule has 0 spiro atoms. The first kappa shape index (κ1) is 19.4. The molecule has 1 fully saturated rings. The van der Waals surface area contributed by atoms with Crippen LogP contribution in [0.3, 0.4) is 0 Å². The second kappa shape index (κ2) is 9.51. The van der Waals surface area contributed by atoms with Gasteiger partial charge >= 0.3 is 5.97 Å². The largest absolute Gasteiger partial charge is 0.487 e. The van der Waals surface area contributed by atoms with Crippen molar-refractivity contribution in [3.63, 3.8) is 0 Å². The first-order valence-corrected chi connectivity index (χ1v) is 8.91. The van der Waals surface area contributed by atoms with E-state index >= 15 is 0 Å². The highest BCUT2D eigenvalue weighted by Crippen LogP contribution is 2.30. The highest BCUT2D eigenvalue weighted by molar-refractivity contribution is 5.96. The molecule has 1 aromatic carbocycles. The van der Waals surface area contributed by atoms with Crippen LogP contribution in [0.25, 0.3) is 0 Å². The van der Waals surface area contributed by atoms with E-state index in [-0.39, 0.29) is 29.5 Å². The maximum atomic E-state index is 14.2. The van der Waals surface area contributed by atoms with Crippen molar-refractivity contribution in [2.24, 2.45) is 11.7 Å². The average Bonchev–Trinajstić information content (AvgIpc) is 2.62. The van der Waals surface area contributed by atoms with Crippen LogP contribution in [0.2, 0.25) is 0 Å². The molecule has 0 saturated heterocycles. The van der Waals surface area contributed by atoms with Gasteiger partial charge in [0.1, 0.15) is 0 Å². The Hall–Kier alpha value is -1.95. The van der Waals surface area contributed by atoms with Gasteiger partial charge in [0.2, 0.25) is 0 Å². The number of hydrogen-bond donors (Lipinski definition) is 1. The molecule has 6 heteroatoms. The fraction of sp³-hybridized carbons (Fsp3) is 0.579. The number of benzene rings is 1. The van der Waals surface area contributed by atoms with Crippen LogP contribution < -0.4 is 10.5 Å². The second-order valence-corrected chi connectivity index (χ2v) is 6.30. The summed E-state index contributed by atoms with van der Waals surface area (Å²) in [5.41, 5.74) is 5.72. The monoisotopic (exact) mass is 351 g/mol. The Morgan fingerprint density at radius 1 is 1.24 bits per heavy atom. The molecule has 1 aliphatic carbocycles. The third-order valence-corrected chi connectivity index (χ3v) is 4.45. The molecule has 2 N–H and O–H groups in total. The zero-order chi connectivity index (χ0) is 18.2. The Morgan fingerprint density at radius 2 is 1.96 bits per heavy atom. The van der Waals surface area contributed by atoms with Gasteiger partial charge in [-0.25, -0.2) is 4.39 Å². The van der Waals surface area contributed by atoms with Crippen molar-refractivity contribution in [3.8, 4) is 5.75 Å². The van der Waals surface area contributed by atoms with Crippen molar-refractivity contribution in [2.45, 2.75) is 51.6 Å². The molecule has 0 heterocycles. The zero-order valence-electron chi connectivity index (χ0n) is 14.6. The molecular weight excluding hydrogens is 325 g/mol. The van der Waals surface area contributed by atoms with Gasteiger partial charge in [0.15, 0.2) is 17.3 Å². The number of halogens is 1. The number of Topliss-reactive ketones (excluding diaryl/α,β-unsaturated/α-hetero) is 1. The lowest BCUT2D eigenvalue weighted by molar-refractivity contribution is -0.149. The number of carbonyl (C=O) groups is 2. The standard InChI is InChI=1S/C19H26FNO4/c1-2-24-19(23)13-5-8-15(9-6-13)25-18-10-7-14(12-16(18)20)17(22)4-3-11-21/h7,10,12-13,15H,2-6,8-9,11,21H2,1H3. The van der Waals surface area contributed by atoms with E-state index in [0.717, 1.165) is 0 Å². The first-order chi connectivity index (χ1) is 12.0. The number of hydrogen-bond acceptors (Lipinski definition) is 5. The maximum Gasteiger partial charge on any atom is 0.308 e. The summed E-state index contributed by atoms with van der Waals surface area (Å²) in [5, 5.41) is 0. The number of nitrogens with two attached hydrogens (primary N) is 1. The Morgan fingerprint density at radius 3 is 2.56 bits per heavy atom. The molecule has 0 atom stereocenters. The topological polar surface area (TPSA) is 78.6 Å². The Bertz CT molecular complexity index is 597. The Labute approximate surface area is 147 Å². The molecule has 0 radical (unpaired) electrons. The molecule has 5 nitrogen and oxygen atoms in total. The summed E-state index contributed by atoms with van der Waals surface area (Å²) in [6.45, 7) is 2.61. The zero-order valence-corrected chi connectivity index (χ0v) is 14.6. The van der Waals surface area contributed by atoms with E-state index in [1.54, 1.807) is 13.0 Å². The molecule has 138 valence electrons. The first-order valence-electron chi connectivity index (χ1n) is 8.91. The van der Waals surface area contributed by atoms with Gasteiger partial charge < -0.3 is 15.2 Å². The Kier molecular flexibility index (Phi) is 7.37. The van der Waals surface area contributed by atoms with E-state index in [0.29, 0.717) is 57.2 Å². The number of ether oxygens (including phenoxy) is 2. The lowest BCUT2D eigenvalue weighted by atomic mass is 9.87. The molecule has 0 aromatic heterocycles. The van der Waals surface area contributed by atoms with Gasteiger partial charge in [-0.15, -0.1) is 0 Å². The van der Waals surface area contributed by atoms with Crippen LogP contribution in [0.5, 0.6) is 5.75 Å². The van der Waals surface area contributed by atoms with Crippen molar-refractivity contribution in [1.82, 2.24) is 0 Å². The van der Waals surface area contributed by atoms with Crippen LogP contribution in [0.1, 0.15) is 55.8 Å². The molecular formula is C19H26FNO4. The third-order valence-electron chi connectivity index (χ3n) is 4.45. The smallest absolute Gasteiger partial charge is 0.308 e. The second-order valence-electron chi connectivity index (χ2n) is 6.30. The summed E-state index contributed by atoms with van der Waals surface area (Å²) in [4.78, 5) is 23.6. The van der Waals surface area contributed by atoms with Gasteiger partial charge in [-0.1, -0.05) is 0 Å². The summed E-state index contributed by atoms with van der Waals surface area (Å²) < 4.78 is 25.0. The van der Waals surface area contributed by atoms with Crippen LogP contribution in [-0.4, -0.2) is 31.0 Å². The van der Waals surface area contributed by atoms with Crippen molar-refractivity contribution >= 4 is 11.8 Å². The predicted molar refractivity (Wildman–Crippen MR) is 92.0 cm³/mol. The molecule has 1 aliphatic rings. The van der Waals surface area contributed by atoms with Crippen LogP contribution in [0, 0.1) is 11.7 Å². The van der Waals surface area contributed by atoms with E-state index in [9.17, 15) is 14.0 Å². The molecule has 0 amide bonds. The minimum Gasteiger partial charge on any atom is -0.487 e. The maximum absolute atomic E-state index is 14.2. The van der Waals surface area contributed by atoms with Crippen LogP contribution >= 0.6 is 0 Å². The highest BCUT2D eigenvalue weighted by Gasteiger charge is 2.28. The molecule has 1 saturated carbocycles. The van der Waals surface area contributed by atoms with E-state index in [1.165, 1.54) is 12.1 Å². The van der Waals surface area contributed by atoms with Crippen molar-refractivity contribution in [2.75, 3.05) is 13.2 Å². The van der Waals surface area contributed by atoms with E-state index < -0.39 is 5.82 Å². The lowest BCUT2D eigenvalue weighted by Gasteiger charge is -2.27. The van der Waals surface area contributed by atoms with Crippen molar-refractivity contribution < 1.29 is 23.5 Å². The van der Waals surface area contributed by atoms with Gasteiger partial charge in [-0.3, -0.25) is 9.59 Å². The van der Waals surface area contributed by atoms with Gasteiger partial charge in [-0.2, -0.15) is 0 Å². The molecule has 1 aromatic rings. The number of ketones is 1. The SMILES string of the molecule is CCOC(=O)C1CCC(Oc2ccc(C(=O)CCCN)cc2F)CC1. The fourth-order valence-electron chi connectivity index (χ4n) is 3.03. The van der Waals surface area contributed by atoms with Crippen molar-refractivity contribution in [1.29, 1.82) is 0 Å².